The van der Waals surface area contributed by atoms with Crippen molar-refractivity contribution in [2.45, 2.75) is 25.7 Å². The fraction of sp³-hybridized carbons (Fsp3) is 0.219. The van der Waals surface area contributed by atoms with Gasteiger partial charge in [0.15, 0.2) is 28.9 Å². The van der Waals surface area contributed by atoms with Gasteiger partial charge in [-0.2, -0.15) is 0 Å². The van der Waals surface area contributed by atoms with Crippen molar-refractivity contribution in [1.29, 1.82) is 0 Å². The molecule has 1 saturated carbocycles. The first-order valence-electron chi connectivity index (χ1n) is 13.8. The molecular formula is C32H27F2N5O6. The summed E-state index contributed by atoms with van der Waals surface area (Å²) < 4.78 is 52.7. The summed E-state index contributed by atoms with van der Waals surface area (Å²) in [6.45, 7) is 1.83. The molecule has 45 heavy (non-hydrogen) atoms. The molecule has 1 aromatic carbocycles. The molecule has 0 bridgehead atoms. The van der Waals surface area contributed by atoms with Crippen molar-refractivity contribution in [1.82, 2.24) is 19.5 Å². The van der Waals surface area contributed by atoms with E-state index in [9.17, 15) is 14.0 Å². The van der Waals surface area contributed by atoms with E-state index in [0.717, 1.165) is 36.4 Å². The highest BCUT2D eigenvalue weighted by molar-refractivity contribution is 6.04. The van der Waals surface area contributed by atoms with Gasteiger partial charge in [-0.3, -0.25) is 19.1 Å². The van der Waals surface area contributed by atoms with E-state index in [1.54, 1.807) is 12.1 Å². The van der Waals surface area contributed by atoms with Crippen molar-refractivity contribution < 1.29 is 32.5 Å². The molecule has 0 unspecified atom stereocenters. The maximum atomic E-state index is 15.2. The summed E-state index contributed by atoms with van der Waals surface area (Å²) in [5, 5.41) is 2.57. The van der Waals surface area contributed by atoms with E-state index in [-0.39, 0.29) is 51.3 Å². The van der Waals surface area contributed by atoms with E-state index in [2.05, 4.69) is 20.3 Å². The van der Waals surface area contributed by atoms with E-state index < -0.39 is 23.1 Å². The molecule has 0 aliphatic heterocycles. The summed E-state index contributed by atoms with van der Waals surface area (Å²) in [5.74, 6) is -2.32. The number of nitrogens with one attached hydrogen (secondary N) is 1. The number of benzene rings is 1. The topological polar surface area (TPSA) is 127 Å². The molecule has 5 aromatic rings. The monoisotopic (exact) mass is 615 g/mol. The van der Waals surface area contributed by atoms with Crippen LogP contribution in [0.15, 0.2) is 59.7 Å². The molecule has 1 aliphatic carbocycles. The van der Waals surface area contributed by atoms with Gasteiger partial charge in [0, 0.05) is 29.6 Å². The van der Waals surface area contributed by atoms with Crippen LogP contribution < -0.4 is 29.8 Å². The molecule has 0 saturated heterocycles. The zero-order valence-electron chi connectivity index (χ0n) is 24.7. The van der Waals surface area contributed by atoms with Gasteiger partial charge in [0.2, 0.25) is 5.88 Å². The first-order valence-corrected chi connectivity index (χ1v) is 13.8. The standard InChI is InChI=1S/C32H27F2N5O6/c1-16-11-27(43-3)36-15-24(16)39-23(17-5-6-17)9-8-19(32(39)41)30(40)37-18-7-10-25(20(33)12-18)45-29-21(34)14-35-22-13-26(42-2)31(44-4)38-28(22)29/h7-15,17H,5-6H2,1-4H3,(H,37,40). The number of carbonyl (C=O) groups excluding carboxylic acids is 1. The number of pyridine rings is 4. The second-order valence-electron chi connectivity index (χ2n) is 10.3. The number of anilines is 1. The van der Waals surface area contributed by atoms with Gasteiger partial charge in [0.05, 0.1) is 44.9 Å². The second-order valence-corrected chi connectivity index (χ2v) is 10.3. The molecule has 230 valence electrons. The minimum Gasteiger partial charge on any atom is -0.491 e. The number of aryl methyl sites for hydroxylation is 1. The van der Waals surface area contributed by atoms with Gasteiger partial charge >= 0.3 is 0 Å². The zero-order chi connectivity index (χ0) is 31.8. The van der Waals surface area contributed by atoms with Crippen molar-refractivity contribution in [3.63, 3.8) is 0 Å². The number of aromatic nitrogens is 4. The Morgan fingerprint density at radius 3 is 2.40 bits per heavy atom. The van der Waals surface area contributed by atoms with Crippen molar-refractivity contribution in [3.05, 3.63) is 93.7 Å². The van der Waals surface area contributed by atoms with Crippen molar-refractivity contribution in [2.75, 3.05) is 26.6 Å². The SMILES string of the molecule is COc1cc(C)c(-n2c(C3CC3)ccc(C(=O)Nc3ccc(Oc4c(F)cnc5cc(OC)c(OC)nc45)c(F)c3)c2=O)cn1. The molecule has 0 radical (unpaired) electrons. The average Bonchev–Trinajstić information content (AvgIpc) is 3.88. The number of nitrogens with zero attached hydrogens (tertiary/aromatic N) is 4. The number of hydrogen-bond donors (Lipinski definition) is 1. The Kier molecular flexibility index (Phi) is 7.75. The Hall–Kier alpha value is -5.59. The van der Waals surface area contributed by atoms with Crippen LogP contribution in [0.1, 0.15) is 40.4 Å². The highest BCUT2D eigenvalue weighted by Gasteiger charge is 2.29. The fourth-order valence-electron chi connectivity index (χ4n) is 4.93. The third kappa shape index (κ3) is 5.59. The smallest absolute Gasteiger partial charge is 0.268 e. The number of methoxy groups -OCH3 is 3. The third-order valence-corrected chi connectivity index (χ3v) is 7.36. The van der Waals surface area contributed by atoms with Gasteiger partial charge in [0.1, 0.15) is 11.1 Å². The molecule has 4 heterocycles. The number of hydrogen-bond acceptors (Lipinski definition) is 9. The Morgan fingerprint density at radius 2 is 1.73 bits per heavy atom. The van der Waals surface area contributed by atoms with E-state index >= 15 is 4.39 Å². The van der Waals surface area contributed by atoms with Gasteiger partial charge in [-0.1, -0.05) is 0 Å². The van der Waals surface area contributed by atoms with E-state index in [4.69, 9.17) is 18.9 Å². The maximum absolute atomic E-state index is 15.2. The van der Waals surface area contributed by atoms with Crippen LogP contribution in [0.5, 0.6) is 29.0 Å². The summed E-state index contributed by atoms with van der Waals surface area (Å²) in [6, 6.07) is 10.0. The second kappa shape index (κ2) is 11.8. The Labute approximate surface area is 255 Å². The molecule has 0 atom stereocenters. The van der Waals surface area contributed by atoms with Crippen molar-refractivity contribution >= 4 is 22.6 Å². The minimum absolute atomic E-state index is 0.0161. The normalized spacial score (nSPS) is 12.6. The number of rotatable bonds is 9. The summed E-state index contributed by atoms with van der Waals surface area (Å²) in [5.41, 5.74) is 1.64. The van der Waals surface area contributed by atoms with Crippen LogP contribution in [-0.4, -0.2) is 46.8 Å². The molecule has 13 heteroatoms. The molecule has 1 aliphatic rings. The largest absolute Gasteiger partial charge is 0.491 e. The maximum Gasteiger partial charge on any atom is 0.268 e. The first-order chi connectivity index (χ1) is 21.7. The summed E-state index contributed by atoms with van der Waals surface area (Å²) in [6.07, 6.45) is 4.31. The van der Waals surface area contributed by atoms with Crippen LogP contribution in [0.4, 0.5) is 14.5 Å². The lowest BCUT2D eigenvalue weighted by Crippen LogP contribution is -2.30. The number of halogens is 2. The lowest BCUT2D eigenvalue weighted by Gasteiger charge is -2.17. The third-order valence-electron chi connectivity index (χ3n) is 7.36. The molecule has 1 N–H and O–H groups in total. The highest BCUT2D eigenvalue weighted by atomic mass is 19.1. The minimum atomic E-state index is -0.904. The van der Waals surface area contributed by atoms with Crippen molar-refractivity contribution in [3.8, 4) is 34.7 Å². The van der Waals surface area contributed by atoms with Gasteiger partial charge in [0.25, 0.3) is 17.3 Å². The predicted molar refractivity (Wildman–Crippen MR) is 160 cm³/mol. The van der Waals surface area contributed by atoms with Crippen LogP contribution >= 0.6 is 0 Å². The number of carbonyl (C=O) groups is 1. The van der Waals surface area contributed by atoms with Crippen LogP contribution in [0.2, 0.25) is 0 Å². The number of ether oxygens (including phenoxy) is 4. The summed E-state index contributed by atoms with van der Waals surface area (Å²) >= 11 is 0. The Balaban J connectivity index is 1.29. The molecule has 11 nitrogen and oxygen atoms in total. The molecule has 1 amide bonds. The average molecular weight is 616 g/mol. The molecule has 4 aromatic heterocycles. The number of fused-ring (bicyclic) bond motifs is 1. The van der Waals surface area contributed by atoms with Crippen LogP contribution in [0, 0.1) is 18.6 Å². The van der Waals surface area contributed by atoms with E-state index in [1.807, 2.05) is 6.92 Å². The predicted octanol–water partition coefficient (Wildman–Crippen LogP) is 5.71. The Morgan fingerprint density at radius 1 is 0.933 bits per heavy atom. The van der Waals surface area contributed by atoms with Crippen LogP contribution in [-0.2, 0) is 0 Å². The fourth-order valence-corrected chi connectivity index (χ4v) is 4.93. The van der Waals surface area contributed by atoms with Gasteiger partial charge in [-0.05, 0) is 55.5 Å². The summed E-state index contributed by atoms with van der Waals surface area (Å²) in [7, 11) is 4.28. The molecular weight excluding hydrogens is 588 g/mol. The van der Waals surface area contributed by atoms with E-state index in [0.29, 0.717) is 11.6 Å². The lowest BCUT2D eigenvalue weighted by molar-refractivity contribution is 0.102. The van der Waals surface area contributed by atoms with E-state index in [1.165, 1.54) is 56.4 Å². The molecule has 6 rings (SSSR count). The first kappa shape index (κ1) is 29.5. The van der Waals surface area contributed by atoms with Gasteiger partial charge < -0.3 is 24.3 Å². The highest BCUT2D eigenvalue weighted by Crippen LogP contribution is 2.41. The van der Waals surface area contributed by atoms with Crippen LogP contribution in [0.25, 0.3) is 16.7 Å². The zero-order valence-corrected chi connectivity index (χ0v) is 24.7. The lowest BCUT2D eigenvalue weighted by atomic mass is 10.1. The van der Waals surface area contributed by atoms with Crippen molar-refractivity contribution in [2.24, 2.45) is 0 Å². The Bertz CT molecular complexity index is 2030. The quantitative estimate of drug-likeness (QED) is 0.222. The molecule has 1 fully saturated rings. The van der Waals surface area contributed by atoms with Gasteiger partial charge in [-0.15, -0.1) is 0 Å². The molecule has 0 spiro atoms. The number of amides is 1. The van der Waals surface area contributed by atoms with Crippen LogP contribution in [0.3, 0.4) is 0 Å². The summed E-state index contributed by atoms with van der Waals surface area (Å²) in [4.78, 5) is 39.4. The van der Waals surface area contributed by atoms with Gasteiger partial charge in [-0.25, -0.2) is 18.7 Å².